The molecule has 0 amide bonds. The number of benzene rings is 5. The second-order valence-electron chi connectivity index (χ2n) is 11.7. The zero-order chi connectivity index (χ0) is 30.3. The molecule has 0 unspecified atom stereocenters. The van der Waals surface area contributed by atoms with Crippen LogP contribution in [0.4, 0.5) is 0 Å². The van der Waals surface area contributed by atoms with Crippen molar-refractivity contribution in [1.82, 2.24) is 0 Å². The largest absolute Gasteiger partial charge is 0.115 e. The van der Waals surface area contributed by atoms with Crippen molar-refractivity contribution in [3.63, 3.8) is 0 Å². The molecule has 46 heavy (non-hydrogen) atoms. The van der Waals surface area contributed by atoms with Gasteiger partial charge in [-0.1, -0.05) is 146 Å². The van der Waals surface area contributed by atoms with Crippen LogP contribution in [0.2, 0.25) is 0 Å². The minimum Gasteiger partial charge on any atom is -0.115 e. The summed E-state index contributed by atoms with van der Waals surface area (Å²) in [5.41, 5.74) is 21.3. The van der Waals surface area contributed by atoms with Crippen molar-refractivity contribution in [2.75, 3.05) is 0 Å². The Morgan fingerprint density at radius 2 is 1.30 bits per heavy atom. The highest BCUT2D eigenvalue weighted by Gasteiger charge is 2.35. The van der Waals surface area contributed by atoms with Crippen molar-refractivity contribution in [3.8, 4) is 45.7 Å². The Kier molecular flexibility index (Phi) is 7.48. The maximum absolute atomic E-state index is 5.58. The molecule has 5 aromatic rings. The normalized spacial score (nSPS) is 17.2. The van der Waals surface area contributed by atoms with Crippen molar-refractivity contribution < 1.29 is 0 Å². The van der Waals surface area contributed by atoms with E-state index in [0.717, 1.165) is 12.0 Å². The van der Waals surface area contributed by atoms with Crippen molar-refractivity contribution >= 4 is 28.0 Å². The van der Waals surface area contributed by atoms with Gasteiger partial charge in [-0.2, -0.15) is 0 Å². The molecule has 0 radical (unpaired) electrons. The van der Waals surface area contributed by atoms with E-state index in [-0.39, 0.29) is 7.43 Å². The minimum atomic E-state index is 0. The number of hydrogen-bond acceptors (Lipinski definition) is 0. The van der Waals surface area contributed by atoms with Crippen LogP contribution in [0, 0.1) is 12.3 Å². The van der Waals surface area contributed by atoms with Crippen molar-refractivity contribution in [3.05, 3.63) is 179 Å². The lowest BCUT2D eigenvalue weighted by Gasteiger charge is -2.20. The van der Waals surface area contributed by atoms with Gasteiger partial charge < -0.3 is 0 Å². The Hall–Kier alpha value is -5.86. The van der Waals surface area contributed by atoms with Gasteiger partial charge in [0.05, 0.1) is 0 Å². The quantitative estimate of drug-likeness (QED) is 0.143. The van der Waals surface area contributed by atoms with E-state index in [1.165, 1.54) is 83.1 Å². The summed E-state index contributed by atoms with van der Waals surface area (Å²) in [6.07, 6.45) is 23.2. The Balaban J connectivity index is 0.00000338. The molecule has 0 atom stereocenters. The van der Waals surface area contributed by atoms with Gasteiger partial charge in [-0.3, -0.25) is 0 Å². The Bertz CT molecular complexity index is 2300. The van der Waals surface area contributed by atoms with E-state index in [2.05, 4.69) is 152 Å². The summed E-state index contributed by atoms with van der Waals surface area (Å²) >= 11 is 0. The molecular weight excluding hydrogens is 553 g/mol. The Morgan fingerprint density at radius 3 is 1.98 bits per heavy atom. The smallest absolute Gasteiger partial charge is 0.0335 e. The van der Waals surface area contributed by atoms with Gasteiger partial charge in [0.25, 0.3) is 0 Å². The molecule has 0 N–H and O–H groups in total. The Labute approximate surface area is 272 Å². The predicted molar refractivity (Wildman–Crippen MR) is 199 cm³/mol. The first-order valence-corrected chi connectivity index (χ1v) is 15.5. The van der Waals surface area contributed by atoms with Crippen LogP contribution >= 0.6 is 0 Å². The molecule has 0 saturated carbocycles. The molecule has 5 aromatic carbocycles. The molecule has 0 aliphatic heterocycles. The predicted octanol–water partition coefficient (Wildman–Crippen LogP) is 12.3. The highest BCUT2D eigenvalue weighted by Crippen LogP contribution is 2.58. The fourth-order valence-corrected chi connectivity index (χ4v) is 7.25. The van der Waals surface area contributed by atoms with Crippen LogP contribution in [0.1, 0.15) is 43.0 Å². The molecule has 0 nitrogen and oxygen atoms in total. The average Bonchev–Trinajstić information content (AvgIpc) is 3.27. The molecule has 0 heterocycles. The van der Waals surface area contributed by atoms with Gasteiger partial charge in [0, 0.05) is 16.7 Å². The molecular formula is C46H34. The topological polar surface area (TPSA) is 0 Å². The van der Waals surface area contributed by atoms with Crippen LogP contribution in [0.15, 0.2) is 156 Å². The maximum atomic E-state index is 5.58. The monoisotopic (exact) mass is 586 g/mol. The third kappa shape index (κ3) is 4.58. The van der Waals surface area contributed by atoms with Gasteiger partial charge in [-0.05, 0) is 98.0 Å². The van der Waals surface area contributed by atoms with Crippen molar-refractivity contribution in [2.45, 2.75) is 20.8 Å². The standard InChI is InChI=1S/C45H30.CH4/c1-3-4-16-31-17-11-12-22-34-27-28-39-43-38(26-15-23-35(40(34)43)29-30(31)2)44-41(32-18-7-5-8-19-32)36-24-13-14-25-37(36)42(45(39)44)33-20-9-6-10-21-33;/h1,4-25,27-28H,29H2,2H3;1H4/b16-4-,17-11-,22-12+,31-30+;. The lowest BCUT2D eigenvalue weighted by molar-refractivity contribution is 1.19. The number of rotatable bonds is 3. The van der Waals surface area contributed by atoms with E-state index in [0.29, 0.717) is 0 Å². The van der Waals surface area contributed by atoms with Gasteiger partial charge in [0.15, 0.2) is 0 Å². The molecule has 8 rings (SSSR count). The lowest BCUT2D eigenvalue weighted by Crippen LogP contribution is -1.98. The fraction of sp³-hybridized carbons (Fsp3) is 0.0652. The van der Waals surface area contributed by atoms with Crippen LogP contribution in [0.25, 0.3) is 61.4 Å². The second-order valence-corrected chi connectivity index (χ2v) is 11.7. The van der Waals surface area contributed by atoms with Crippen molar-refractivity contribution in [2.24, 2.45) is 0 Å². The van der Waals surface area contributed by atoms with Gasteiger partial charge in [0.2, 0.25) is 0 Å². The summed E-state index contributed by atoms with van der Waals surface area (Å²) in [6.45, 7) is 2.21. The summed E-state index contributed by atoms with van der Waals surface area (Å²) in [5, 5.41) is 2.52. The number of terminal acetylenes is 1. The van der Waals surface area contributed by atoms with E-state index in [1.807, 2.05) is 6.08 Å². The summed E-state index contributed by atoms with van der Waals surface area (Å²) in [7, 11) is 0. The van der Waals surface area contributed by atoms with E-state index in [1.54, 1.807) is 6.08 Å². The first-order chi connectivity index (χ1) is 22.2. The van der Waals surface area contributed by atoms with E-state index in [4.69, 9.17) is 6.42 Å². The SMILES string of the molecule is C.C#C\C=C/C1=C(/C)CC2=CC=C=C3c4c(ccc(c42)/C=C/C=C\1)-c1c3c(-c2ccccc2)c2ccccc2c1-c1ccccc1. The molecule has 0 fully saturated rings. The Morgan fingerprint density at radius 1 is 0.674 bits per heavy atom. The summed E-state index contributed by atoms with van der Waals surface area (Å²) in [6, 6.07) is 35.3. The second kappa shape index (κ2) is 11.9. The zero-order valence-electron chi connectivity index (χ0n) is 25.1. The van der Waals surface area contributed by atoms with Gasteiger partial charge in [-0.25, -0.2) is 0 Å². The molecule has 0 spiro atoms. The highest BCUT2D eigenvalue weighted by molar-refractivity contribution is 6.22. The zero-order valence-corrected chi connectivity index (χ0v) is 25.1. The highest BCUT2D eigenvalue weighted by atomic mass is 14.4. The molecule has 0 saturated heterocycles. The average molecular weight is 587 g/mol. The molecule has 3 aliphatic rings. The first-order valence-electron chi connectivity index (χ1n) is 15.5. The van der Waals surface area contributed by atoms with E-state index in [9.17, 15) is 0 Å². The van der Waals surface area contributed by atoms with Gasteiger partial charge >= 0.3 is 0 Å². The summed E-state index contributed by atoms with van der Waals surface area (Å²) in [4.78, 5) is 0. The number of fused-ring (bicyclic) bond motifs is 4. The van der Waals surface area contributed by atoms with Crippen molar-refractivity contribution in [1.29, 1.82) is 0 Å². The minimum absolute atomic E-state index is 0. The van der Waals surface area contributed by atoms with Crippen LogP contribution in [0.5, 0.6) is 0 Å². The van der Waals surface area contributed by atoms with E-state index >= 15 is 0 Å². The van der Waals surface area contributed by atoms with Crippen LogP contribution < -0.4 is 0 Å². The van der Waals surface area contributed by atoms with Crippen LogP contribution in [-0.4, -0.2) is 0 Å². The molecule has 0 aromatic heterocycles. The van der Waals surface area contributed by atoms with E-state index < -0.39 is 0 Å². The summed E-state index contributed by atoms with van der Waals surface area (Å²) < 4.78 is 0. The molecule has 218 valence electrons. The first kappa shape index (κ1) is 28.9. The summed E-state index contributed by atoms with van der Waals surface area (Å²) in [5.74, 6) is 2.65. The third-order valence-corrected chi connectivity index (χ3v) is 9.15. The molecule has 0 bridgehead atoms. The van der Waals surface area contributed by atoms with Crippen LogP contribution in [-0.2, 0) is 0 Å². The third-order valence-electron chi connectivity index (χ3n) is 9.15. The van der Waals surface area contributed by atoms with Gasteiger partial charge in [0.1, 0.15) is 0 Å². The fourth-order valence-electron chi connectivity index (χ4n) is 7.25. The number of allylic oxidation sites excluding steroid dienone is 10. The molecule has 3 aliphatic carbocycles. The number of hydrogen-bond donors (Lipinski definition) is 0. The van der Waals surface area contributed by atoms with Gasteiger partial charge in [-0.15, -0.1) is 12.2 Å². The molecule has 0 heteroatoms. The lowest BCUT2D eigenvalue weighted by atomic mass is 9.83. The maximum Gasteiger partial charge on any atom is 0.0335 e. The van der Waals surface area contributed by atoms with Crippen LogP contribution in [0.3, 0.4) is 0 Å².